The molecule has 0 unspecified atom stereocenters. The summed E-state index contributed by atoms with van der Waals surface area (Å²) in [4.78, 5) is 12.8. The Hall–Kier alpha value is -1.51. The number of piperidine rings is 1. The number of anilines is 1. The maximum absolute atomic E-state index is 13.1. The van der Waals surface area contributed by atoms with Gasteiger partial charge in [0.25, 0.3) is 0 Å². The van der Waals surface area contributed by atoms with Gasteiger partial charge in [0, 0.05) is 18.1 Å². The molecule has 1 heterocycles. The molecule has 0 aliphatic carbocycles. The number of benzene rings is 2. The molecule has 0 radical (unpaired) electrons. The normalized spacial score (nSPS) is 17.5. The van der Waals surface area contributed by atoms with Crippen molar-refractivity contribution in [2.45, 2.75) is 24.7 Å². The number of halogens is 3. The summed E-state index contributed by atoms with van der Waals surface area (Å²) in [5, 5.41) is 3.77. The molecular weight excluding hydrogens is 471 g/mol. The van der Waals surface area contributed by atoms with Gasteiger partial charge < -0.3 is 10.1 Å². The molecule has 1 N–H and O–H groups in total. The van der Waals surface area contributed by atoms with E-state index >= 15 is 0 Å². The molecule has 30 heavy (non-hydrogen) atoms. The van der Waals surface area contributed by atoms with E-state index < -0.39 is 15.9 Å². The van der Waals surface area contributed by atoms with Crippen LogP contribution in [0.4, 0.5) is 5.69 Å². The van der Waals surface area contributed by atoms with Gasteiger partial charge in [-0.1, -0.05) is 34.8 Å². The summed E-state index contributed by atoms with van der Waals surface area (Å²) in [6.07, 6.45) is 1.13. The van der Waals surface area contributed by atoms with E-state index in [0.717, 1.165) is 0 Å². The number of sulfonamides is 1. The molecule has 0 aromatic heterocycles. The molecule has 2 aromatic rings. The fourth-order valence-corrected chi connectivity index (χ4v) is 5.45. The molecule has 6 nitrogen and oxygen atoms in total. The number of amides is 1. The van der Waals surface area contributed by atoms with Crippen LogP contribution in [-0.2, 0) is 14.8 Å². The van der Waals surface area contributed by atoms with Crippen LogP contribution >= 0.6 is 34.8 Å². The summed E-state index contributed by atoms with van der Waals surface area (Å²) in [7, 11) is -3.80. The van der Waals surface area contributed by atoms with Crippen LogP contribution in [0.1, 0.15) is 19.8 Å². The van der Waals surface area contributed by atoms with Crippen molar-refractivity contribution >= 4 is 56.4 Å². The molecule has 1 amide bonds. The predicted octanol–water partition coefficient (Wildman–Crippen LogP) is 5.08. The van der Waals surface area contributed by atoms with Crippen molar-refractivity contribution in [3.8, 4) is 5.75 Å². The molecule has 10 heteroatoms. The molecule has 3 rings (SSSR count). The highest BCUT2D eigenvalue weighted by Crippen LogP contribution is 2.31. The third kappa shape index (κ3) is 5.21. The Morgan fingerprint density at radius 1 is 1.17 bits per heavy atom. The fraction of sp³-hybridized carbons (Fsp3) is 0.350. The van der Waals surface area contributed by atoms with Gasteiger partial charge in [-0.05, 0) is 56.2 Å². The standard InChI is InChI=1S/C20H21Cl3N2O4S/c1-2-29-19-8-6-15(11-17(19)23)30(27,28)25-9-3-4-13(12-25)20(26)24-18-10-14(21)5-7-16(18)22/h5-8,10-11,13H,2-4,9,12H2,1H3,(H,24,26)/t13-/m1/s1. The highest BCUT2D eigenvalue weighted by atomic mass is 35.5. The van der Waals surface area contributed by atoms with E-state index in [1.165, 1.54) is 22.5 Å². The number of hydrogen-bond acceptors (Lipinski definition) is 4. The molecule has 162 valence electrons. The smallest absolute Gasteiger partial charge is 0.243 e. The van der Waals surface area contributed by atoms with Gasteiger partial charge in [-0.15, -0.1) is 0 Å². The topological polar surface area (TPSA) is 75.7 Å². The zero-order valence-corrected chi connectivity index (χ0v) is 19.3. The van der Waals surface area contributed by atoms with E-state index in [0.29, 0.717) is 47.5 Å². The Labute approximate surface area is 191 Å². The first-order chi connectivity index (χ1) is 14.2. The Balaban J connectivity index is 1.75. The Bertz CT molecular complexity index is 1050. The molecule has 1 aliphatic rings. The second kappa shape index (κ2) is 9.75. The second-order valence-electron chi connectivity index (χ2n) is 6.84. The molecule has 0 saturated carbocycles. The van der Waals surface area contributed by atoms with Gasteiger partial charge in [0.1, 0.15) is 5.75 Å². The lowest BCUT2D eigenvalue weighted by molar-refractivity contribution is -0.120. The average Bonchev–Trinajstić information content (AvgIpc) is 2.72. The van der Waals surface area contributed by atoms with Crippen molar-refractivity contribution in [1.82, 2.24) is 4.31 Å². The van der Waals surface area contributed by atoms with Gasteiger partial charge in [-0.3, -0.25) is 4.79 Å². The van der Waals surface area contributed by atoms with E-state index in [1.807, 2.05) is 6.92 Å². The van der Waals surface area contributed by atoms with Crippen LogP contribution in [0.5, 0.6) is 5.75 Å². The minimum atomic E-state index is -3.80. The minimum Gasteiger partial charge on any atom is -0.492 e. The first kappa shape index (κ1) is 23.2. The van der Waals surface area contributed by atoms with E-state index in [4.69, 9.17) is 39.5 Å². The van der Waals surface area contributed by atoms with Crippen LogP contribution in [-0.4, -0.2) is 38.3 Å². The third-order valence-corrected chi connectivity index (χ3v) is 7.50. The maximum Gasteiger partial charge on any atom is 0.243 e. The summed E-state index contributed by atoms with van der Waals surface area (Å²) in [5.41, 5.74) is 0.396. The highest BCUT2D eigenvalue weighted by Gasteiger charge is 2.33. The van der Waals surface area contributed by atoms with E-state index in [2.05, 4.69) is 5.32 Å². The number of hydrogen-bond donors (Lipinski definition) is 1. The Kier molecular flexibility index (Phi) is 7.52. The maximum atomic E-state index is 13.1. The van der Waals surface area contributed by atoms with Crippen LogP contribution in [0.15, 0.2) is 41.3 Å². The van der Waals surface area contributed by atoms with Crippen LogP contribution in [0, 0.1) is 5.92 Å². The van der Waals surface area contributed by atoms with Gasteiger partial charge in [0.2, 0.25) is 15.9 Å². The molecule has 1 aliphatic heterocycles. The summed E-state index contributed by atoms with van der Waals surface area (Å²) < 4.78 is 32.9. The summed E-state index contributed by atoms with van der Waals surface area (Å²) in [6.45, 7) is 2.63. The first-order valence-electron chi connectivity index (χ1n) is 9.40. The number of carbonyl (C=O) groups is 1. The van der Waals surface area contributed by atoms with Crippen molar-refractivity contribution in [3.05, 3.63) is 51.5 Å². The van der Waals surface area contributed by atoms with Crippen molar-refractivity contribution in [3.63, 3.8) is 0 Å². The summed E-state index contributed by atoms with van der Waals surface area (Å²) >= 11 is 18.2. The third-order valence-electron chi connectivity index (χ3n) is 4.78. The Morgan fingerprint density at radius 3 is 2.63 bits per heavy atom. The number of nitrogens with one attached hydrogen (secondary N) is 1. The van der Waals surface area contributed by atoms with Crippen LogP contribution < -0.4 is 10.1 Å². The first-order valence-corrected chi connectivity index (χ1v) is 12.0. The number of carbonyl (C=O) groups excluding carboxylic acids is 1. The minimum absolute atomic E-state index is 0.0647. The SMILES string of the molecule is CCOc1ccc(S(=O)(=O)N2CCC[C@@H](C(=O)Nc3cc(Cl)ccc3Cl)C2)cc1Cl. The van der Waals surface area contributed by atoms with Crippen molar-refractivity contribution in [2.24, 2.45) is 5.92 Å². The molecule has 2 aromatic carbocycles. The number of rotatable bonds is 6. The van der Waals surface area contributed by atoms with Gasteiger partial charge in [0.15, 0.2) is 0 Å². The van der Waals surface area contributed by atoms with E-state index in [-0.39, 0.29) is 22.4 Å². The molecular formula is C20H21Cl3N2O4S. The van der Waals surface area contributed by atoms with Crippen molar-refractivity contribution < 1.29 is 17.9 Å². The van der Waals surface area contributed by atoms with Crippen LogP contribution in [0.2, 0.25) is 15.1 Å². The second-order valence-corrected chi connectivity index (χ2v) is 10.0. The number of ether oxygens (including phenoxy) is 1. The largest absolute Gasteiger partial charge is 0.492 e. The molecule has 1 saturated heterocycles. The lowest BCUT2D eigenvalue weighted by atomic mass is 9.99. The summed E-state index contributed by atoms with van der Waals surface area (Å²) in [5.74, 6) is -0.391. The van der Waals surface area contributed by atoms with Crippen LogP contribution in [0.25, 0.3) is 0 Å². The molecule has 0 bridgehead atoms. The average molecular weight is 492 g/mol. The Morgan fingerprint density at radius 2 is 1.93 bits per heavy atom. The predicted molar refractivity (Wildman–Crippen MR) is 119 cm³/mol. The molecule has 1 fully saturated rings. The monoisotopic (exact) mass is 490 g/mol. The molecule has 1 atom stereocenters. The quantitative estimate of drug-likeness (QED) is 0.611. The zero-order chi connectivity index (χ0) is 21.9. The lowest BCUT2D eigenvalue weighted by Crippen LogP contribution is -2.43. The lowest BCUT2D eigenvalue weighted by Gasteiger charge is -2.31. The van der Waals surface area contributed by atoms with Gasteiger partial charge >= 0.3 is 0 Å². The van der Waals surface area contributed by atoms with Gasteiger partial charge in [-0.2, -0.15) is 4.31 Å². The van der Waals surface area contributed by atoms with Gasteiger partial charge in [-0.25, -0.2) is 8.42 Å². The van der Waals surface area contributed by atoms with Crippen LogP contribution in [0.3, 0.4) is 0 Å². The van der Waals surface area contributed by atoms with Crippen molar-refractivity contribution in [1.29, 1.82) is 0 Å². The molecule has 0 spiro atoms. The van der Waals surface area contributed by atoms with E-state index in [1.54, 1.807) is 18.2 Å². The highest BCUT2D eigenvalue weighted by molar-refractivity contribution is 7.89. The van der Waals surface area contributed by atoms with Gasteiger partial charge in [0.05, 0.1) is 33.2 Å². The van der Waals surface area contributed by atoms with Crippen molar-refractivity contribution in [2.75, 3.05) is 25.0 Å². The number of nitrogens with zero attached hydrogens (tertiary/aromatic N) is 1. The fourth-order valence-electron chi connectivity index (χ4n) is 3.27. The zero-order valence-electron chi connectivity index (χ0n) is 16.2. The summed E-state index contributed by atoms with van der Waals surface area (Å²) in [6, 6.07) is 9.14. The van der Waals surface area contributed by atoms with E-state index in [9.17, 15) is 13.2 Å².